The predicted molar refractivity (Wildman–Crippen MR) is 75.1 cm³/mol. The van der Waals surface area contributed by atoms with Crippen molar-refractivity contribution in [3.8, 4) is 0 Å². The SMILES string of the molecule is NCc1cccc2c1C=C(CNC1CCC1)S2(=O)=O. The Morgan fingerprint density at radius 1 is 1.32 bits per heavy atom. The second-order valence-corrected chi connectivity index (χ2v) is 7.13. The van der Waals surface area contributed by atoms with E-state index in [1.54, 1.807) is 18.2 Å². The molecule has 3 N–H and O–H groups in total. The van der Waals surface area contributed by atoms with E-state index in [0.717, 1.165) is 24.0 Å². The van der Waals surface area contributed by atoms with E-state index in [-0.39, 0.29) is 0 Å². The zero-order chi connectivity index (χ0) is 13.5. The van der Waals surface area contributed by atoms with Gasteiger partial charge in [0.1, 0.15) is 0 Å². The highest BCUT2D eigenvalue weighted by atomic mass is 32.2. The maximum absolute atomic E-state index is 12.4. The van der Waals surface area contributed by atoms with Crippen molar-refractivity contribution < 1.29 is 8.42 Å². The van der Waals surface area contributed by atoms with Crippen LogP contribution in [0.3, 0.4) is 0 Å². The van der Waals surface area contributed by atoms with Gasteiger partial charge in [-0.25, -0.2) is 8.42 Å². The topological polar surface area (TPSA) is 72.2 Å². The van der Waals surface area contributed by atoms with Crippen LogP contribution in [-0.2, 0) is 16.4 Å². The summed E-state index contributed by atoms with van der Waals surface area (Å²) in [6.07, 6.45) is 5.31. The molecule has 0 bridgehead atoms. The lowest BCUT2D eigenvalue weighted by Crippen LogP contribution is -2.36. The highest BCUT2D eigenvalue weighted by Crippen LogP contribution is 2.34. The molecular weight excluding hydrogens is 260 g/mol. The number of sulfone groups is 1. The van der Waals surface area contributed by atoms with Gasteiger partial charge in [-0.15, -0.1) is 0 Å². The molecule has 1 saturated carbocycles. The summed E-state index contributed by atoms with van der Waals surface area (Å²) in [5, 5.41) is 3.31. The smallest absolute Gasteiger partial charge is 0.204 e. The molecule has 1 heterocycles. The Bertz CT molecular complexity index is 631. The van der Waals surface area contributed by atoms with Crippen molar-refractivity contribution in [3.05, 3.63) is 34.2 Å². The third kappa shape index (κ3) is 2.12. The summed E-state index contributed by atoms with van der Waals surface area (Å²) < 4.78 is 24.8. The summed E-state index contributed by atoms with van der Waals surface area (Å²) in [4.78, 5) is 0.871. The van der Waals surface area contributed by atoms with Crippen LogP contribution in [0.2, 0.25) is 0 Å². The molecule has 0 unspecified atom stereocenters. The molecule has 1 aromatic rings. The van der Waals surface area contributed by atoms with Gasteiger partial charge in [-0.3, -0.25) is 0 Å². The number of hydrogen-bond donors (Lipinski definition) is 2. The van der Waals surface area contributed by atoms with E-state index in [1.165, 1.54) is 6.42 Å². The molecule has 1 aliphatic carbocycles. The lowest BCUT2D eigenvalue weighted by Gasteiger charge is -2.26. The fraction of sp³-hybridized carbons (Fsp3) is 0.429. The summed E-state index contributed by atoms with van der Waals surface area (Å²) in [7, 11) is -3.32. The number of nitrogens with one attached hydrogen (secondary N) is 1. The first kappa shape index (κ1) is 12.8. The van der Waals surface area contributed by atoms with Crippen LogP contribution in [0.4, 0.5) is 0 Å². The van der Waals surface area contributed by atoms with E-state index in [0.29, 0.717) is 28.9 Å². The van der Waals surface area contributed by atoms with Crippen molar-refractivity contribution in [2.75, 3.05) is 6.54 Å². The molecule has 0 atom stereocenters. The van der Waals surface area contributed by atoms with Crippen molar-refractivity contribution in [3.63, 3.8) is 0 Å². The zero-order valence-electron chi connectivity index (χ0n) is 10.7. The number of fused-ring (bicyclic) bond motifs is 1. The van der Waals surface area contributed by atoms with Gasteiger partial charge in [0, 0.05) is 19.1 Å². The van der Waals surface area contributed by atoms with Crippen LogP contribution in [0.5, 0.6) is 0 Å². The number of hydrogen-bond acceptors (Lipinski definition) is 4. The lowest BCUT2D eigenvalue weighted by atomic mass is 9.93. The highest BCUT2D eigenvalue weighted by molar-refractivity contribution is 7.95. The first-order valence-corrected chi connectivity index (χ1v) is 8.12. The van der Waals surface area contributed by atoms with Crippen molar-refractivity contribution in [1.82, 2.24) is 5.32 Å². The Kier molecular flexibility index (Phi) is 3.20. The van der Waals surface area contributed by atoms with Crippen LogP contribution >= 0.6 is 0 Å². The van der Waals surface area contributed by atoms with Gasteiger partial charge in [0.05, 0.1) is 9.80 Å². The summed E-state index contributed by atoms with van der Waals surface area (Å²) in [5.41, 5.74) is 7.33. The van der Waals surface area contributed by atoms with Gasteiger partial charge >= 0.3 is 0 Å². The molecule has 5 heteroatoms. The maximum Gasteiger partial charge on any atom is 0.204 e. The van der Waals surface area contributed by atoms with Crippen LogP contribution in [0, 0.1) is 0 Å². The highest BCUT2D eigenvalue weighted by Gasteiger charge is 2.31. The molecule has 0 amide bonds. The minimum atomic E-state index is -3.32. The minimum Gasteiger partial charge on any atom is -0.326 e. The fourth-order valence-corrected chi connectivity index (χ4v) is 4.11. The number of nitrogens with two attached hydrogens (primary N) is 1. The normalized spacial score (nSPS) is 20.8. The monoisotopic (exact) mass is 278 g/mol. The van der Waals surface area contributed by atoms with Gasteiger partial charge in [-0.2, -0.15) is 0 Å². The molecule has 1 aliphatic heterocycles. The van der Waals surface area contributed by atoms with E-state index in [2.05, 4.69) is 5.32 Å². The Balaban J connectivity index is 1.90. The van der Waals surface area contributed by atoms with E-state index in [9.17, 15) is 8.42 Å². The van der Waals surface area contributed by atoms with Gasteiger partial charge in [-0.1, -0.05) is 18.6 Å². The van der Waals surface area contributed by atoms with Gasteiger partial charge in [0.2, 0.25) is 9.84 Å². The fourth-order valence-electron chi connectivity index (χ4n) is 2.55. The van der Waals surface area contributed by atoms with E-state index < -0.39 is 9.84 Å². The summed E-state index contributed by atoms with van der Waals surface area (Å²) >= 11 is 0. The first-order chi connectivity index (χ1) is 9.13. The van der Waals surface area contributed by atoms with Crippen molar-refractivity contribution in [1.29, 1.82) is 0 Å². The molecule has 0 aromatic heterocycles. The average molecular weight is 278 g/mol. The molecule has 0 spiro atoms. The van der Waals surface area contributed by atoms with Crippen LogP contribution in [-0.4, -0.2) is 21.0 Å². The van der Waals surface area contributed by atoms with Crippen LogP contribution in [0.25, 0.3) is 6.08 Å². The molecule has 4 nitrogen and oxygen atoms in total. The van der Waals surface area contributed by atoms with E-state index in [4.69, 9.17) is 5.73 Å². The van der Waals surface area contributed by atoms with Gasteiger partial charge < -0.3 is 11.1 Å². The summed E-state index contributed by atoms with van der Waals surface area (Å²) in [5.74, 6) is 0. The predicted octanol–water partition coefficient (Wildman–Crippen LogP) is 1.42. The first-order valence-electron chi connectivity index (χ1n) is 6.64. The third-order valence-electron chi connectivity index (χ3n) is 3.99. The second kappa shape index (κ2) is 4.74. The van der Waals surface area contributed by atoms with Crippen molar-refractivity contribution in [2.24, 2.45) is 5.73 Å². The largest absolute Gasteiger partial charge is 0.326 e. The van der Waals surface area contributed by atoms with E-state index >= 15 is 0 Å². The van der Waals surface area contributed by atoms with Crippen LogP contribution < -0.4 is 11.1 Å². The molecule has 0 saturated heterocycles. The molecule has 102 valence electrons. The number of rotatable bonds is 4. The van der Waals surface area contributed by atoms with Gasteiger partial charge in [0.25, 0.3) is 0 Å². The number of benzene rings is 1. The molecule has 0 radical (unpaired) electrons. The lowest BCUT2D eigenvalue weighted by molar-refractivity contribution is 0.351. The molecular formula is C14H18N2O2S. The summed E-state index contributed by atoms with van der Waals surface area (Å²) in [6.45, 7) is 0.782. The van der Waals surface area contributed by atoms with Gasteiger partial charge in [-0.05, 0) is 36.1 Å². The molecule has 2 aliphatic rings. The summed E-state index contributed by atoms with van der Waals surface area (Å²) in [6, 6.07) is 5.78. The quantitative estimate of drug-likeness (QED) is 0.873. The molecule has 3 rings (SSSR count). The van der Waals surface area contributed by atoms with Crippen LogP contribution in [0.1, 0.15) is 30.4 Å². The molecule has 1 fully saturated rings. The molecule has 19 heavy (non-hydrogen) atoms. The standard InChI is InChI=1S/C14H18N2O2S/c15-8-10-3-1-6-14-13(10)7-12(19(14,17)18)9-16-11-4-2-5-11/h1,3,6-7,11,16H,2,4-5,8-9,15H2. The Hall–Kier alpha value is -1.17. The van der Waals surface area contributed by atoms with Gasteiger partial charge in [0.15, 0.2) is 0 Å². The van der Waals surface area contributed by atoms with E-state index in [1.807, 2.05) is 6.07 Å². The van der Waals surface area contributed by atoms with Crippen molar-refractivity contribution >= 4 is 15.9 Å². The third-order valence-corrected chi connectivity index (χ3v) is 5.87. The zero-order valence-corrected chi connectivity index (χ0v) is 11.5. The molecule has 1 aromatic carbocycles. The minimum absolute atomic E-state index is 0.360. The Morgan fingerprint density at radius 3 is 2.74 bits per heavy atom. The Morgan fingerprint density at radius 2 is 2.11 bits per heavy atom. The van der Waals surface area contributed by atoms with Crippen molar-refractivity contribution in [2.45, 2.75) is 36.7 Å². The maximum atomic E-state index is 12.4. The Labute approximate surface area is 113 Å². The average Bonchev–Trinajstić information content (AvgIpc) is 2.60. The van der Waals surface area contributed by atoms with Crippen LogP contribution in [0.15, 0.2) is 28.0 Å². The second-order valence-electron chi connectivity index (χ2n) is 5.16.